The summed E-state index contributed by atoms with van der Waals surface area (Å²) in [5, 5.41) is 7.98. The molecule has 248 valence electrons. The summed E-state index contributed by atoms with van der Waals surface area (Å²) in [4.78, 5) is 6.70. The lowest BCUT2D eigenvalue weighted by Crippen LogP contribution is -2.08. The second kappa shape index (κ2) is 10.8. The SMILES string of the molecule is C=C1C=C(c2cccc3c2oc2cc4c(cc23)oc2ccccc24)c2sc3ccccc3c2N=C1CC1c2ccccc2-c2c1ccc1ccccc21. The Morgan fingerprint density at radius 3 is 2.23 bits per heavy atom. The van der Waals surface area contributed by atoms with E-state index in [0.29, 0.717) is 0 Å². The molecule has 53 heavy (non-hydrogen) atoms. The van der Waals surface area contributed by atoms with Crippen LogP contribution in [0.2, 0.25) is 0 Å². The van der Waals surface area contributed by atoms with E-state index in [-0.39, 0.29) is 5.92 Å². The molecule has 10 aromatic rings. The van der Waals surface area contributed by atoms with Crippen molar-refractivity contribution in [2.45, 2.75) is 12.3 Å². The Morgan fingerprint density at radius 2 is 1.30 bits per heavy atom. The molecule has 0 fully saturated rings. The van der Waals surface area contributed by atoms with E-state index in [0.717, 1.165) is 88.7 Å². The van der Waals surface area contributed by atoms with E-state index in [1.807, 2.05) is 12.1 Å². The first-order valence-electron chi connectivity index (χ1n) is 18.1. The number of benzene rings is 7. The van der Waals surface area contributed by atoms with Gasteiger partial charge in [-0.1, -0.05) is 122 Å². The molecule has 1 unspecified atom stereocenters. The van der Waals surface area contributed by atoms with Crippen LogP contribution in [-0.2, 0) is 0 Å². The third-order valence-electron chi connectivity index (χ3n) is 11.4. The summed E-state index contributed by atoms with van der Waals surface area (Å²) in [6.45, 7) is 4.71. The number of hydrogen-bond donors (Lipinski definition) is 0. The molecule has 2 aliphatic rings. The molecule has 12 rings (SSSR count). The smallest absolute Gasteiger partial charge is 0.143 e. The molecule has 3 aromatic heterocycles. The zero-order valence-electron chi connectivity index (χ0n) is 28.5. The molecule has 0 saturated heterocycles. The lowest BCUT2D eigenvalue weighted by molar-refractivity contribution is 0.663. The maximum absolute atomic E-state index is 6.83. The highest BCUT2D eigenvalue weighted by molar-refractivity contribution is 7.20. The van der Waals surface area contributed by atoms with Gasteiger partial charge >= 0.3 is 0 Å². The first kappa shape index (κ1) is 29.1. The third kappa shape index (κ3) is 4.13. The van der Waals surface area contributed by atoms with Crippen LogP contribution in [-0.4, -0.2) is 5.71 Å². The molecule has 7 aromatic carbocycles. The van der Waals surface area contributed by atoms with Crippen molar-refractivity contribution in [3.63, 3.8) is 0 Å². The second-order valence-electron chi connectivity index (χ2n) is 14.2. The van der Waals surface area contributed by atoms with Crippen LogP contribution in [0.3, 0.4) is 0 Å². The topological polar surface area (TPSA) is 38.6 Å². The van der Waals surface area contributed by atoms with Gasteiger partial charge in [0.25, 0.3) is 0 Å². The van der Waals surface area contributed by atoms with Gasteiger partial charge in [0.2, 0.25) is 0 Å². The maximum atomic E-state index is 6.83. The summed E-state index contributed by atoms with van der Waals surface area (Å²) in [5.41, 5.74) is 13.9. The van der Waals surface area contributed by atoms with Crippen LogP contribution in [0.4, 0.5) is 5.69 Å². The number of rotatable bonds is 3. The van der Waals surface area contributed by atoms with Crippen molar-refractivity contribution in [1.29, 1.82) is 0 Å². The first-order chi connectivity index (χ1) is 26.2. The van der Waals surface area contributed by atoms with Crippen molar-refractivity contribution in [3.05, 3.63) is 179 Å². The highest BCUT2D eigenvalue weighted by Crippen LogP contribution is 2.52. The Bertz CT molecular complexity index is 3290. The van der Waals surface area contributed by atoms with Crippen LogP contribution in [0, 0.1) is 0 Å². The molecular formula is C49H29NO2S. The molecule has 0 saturated carbocycles. The van der Waals surface area contributed by atoms with Crippen molar-refractivity contribution in [2.24, 2.45) is 4.99 Å². The Balaban J connectivity index is 1.04. The Hall–Kier alpha value is -6.49. The summed E-state index contributed by atoms with van der Waals surface area (Å²) in [5.74, 6) is 0.165. The minimum Gasteiger partial charge on any atom is -0.456 e. The zero-order chi connectivity index (χ0) is 34.8. The molecule has 0 radical (unpaired) electrons. The van der Waals surface area contributed by atoms with Crippen molar-refractivity contribution in [2.75, 3.05) is 0 Å². The van der Waals surface area contributed by atoms with Gasteiger partial charge in [0.1, 0.15) is 22.3 Å². The Morgan fingerprint density at radius 1 is 0.585 bits per heavy atom. The van der Waals surface area contributed by atoms with Gasteiger partial charge in [-0.15, -0.1) is 11.3 Å². The molecule has 4 heterocycles. The Kier molecular flexibility index (Phi) is 5.92. The number of furan rings is 2. The summed E-state index contributed by atoms with van der Waals surface area (Å²) < 4.78 is 14.3. The molecule has 0 bridgehead atoms. The van der Waals surface area contributed by atoms with Gasteiger partial charge in [-0.3, -0.25) is 4.99 Å². The molecule has 0 N–H and O–H groups in total. The molecular weight excluding hydrogens is 667 g/mol. The summed E-state index contributed by atoms with van der Waals surface area (Å²) in [6.07, 6.45) is 3.00. The summed E-state index contributed by atoms with van der Waals surface area (Å²) in [7, 11) is 0. The molecule has 0 amide bonds. The quantitative estimate of drug-likeness (QED) is 0.185. The second-order valence-corrected chi connectivity index (χ2v) is 15.3. The average Bonchev–Trinajstić information content (AvgIpc) is 3.93. The fourth-order valence-electron chi connectivity index (χ4n) is 8.95. The Labute approximate surface area is 308 Å². The zero-order valence-corrected chi connectivity index (χ0v) is 29.3. The number of fused-ring (bicyclic) bond motifs is 14. The van der Waals surface area contributed by atoms with Gasteiger partial charge < -0.3 is 8.83 Å². The van der Waals surface area contributed by atoms with Gasteiger partial charge in [0.05, 0.1) is 10.6 Å². The summed E-state index contributed by atoms with van der Waals surface area (Å²) >= 11 is 1.79. The van der Waals surface area contributed by atoms with E-state index in [1.165, 1.54) is 37.7 Å². The fraction of sp³-hybridized carbons (Fsp3) is 0.0408. The average molecular weight is 696 g/mol. The molecule has 3 nitrogen and oxygen atoms in total. The minimum atomic E-state index is 0.165. The molecule has 4 heteroatoms. The van der Waals surface area contributed by atoms with Gasteiger partial charge in [0.15, 0.2) is 0 Å². The van der Waals surface area contributed by atoms with Crippen molar-refractivity contribution in [1.82, 2.24) is 0 Å². The van der Waals surface area contributed by atoms with E-state index >= 15 is 0 Å². The van der Waals surface area contributed by atoms with E-state index in [2.05, 4.69) is 133 Å². The number of nitrogens with zero attached hydrogens (tertiary/aromatic N) is 1. The number of aliphatic imine (C=N–C) groups is 1. The van der Waals surface area contributed by atoms with Crippen LogP contribution in [0.15, 0.2) is 172 Å². The van der Waals surface area contributed by atoms with Crippen molar-refractivity contribution >= 4 is 93.0 Å². The normalized spacial score (nSPS) is 15.3. The van der Waals surface area contributed by atoms with Gasteiger partial charge in [-0.05, 0) is 68.9 Å². The number of thiophene rings is 1. The van der Waals surface area contributed by atoms with Crippen molar-refractivity contribution < 1.29 is 8.83 Å². The highest BCUT2D eigenvalue weighted by atomic mass is 32.1. The predicted octanol–water partition coefficient (Wildman–Crippen LogP) is 14.1. The fourth-order valence-corrected chi connectivity index (χ4v) is 10.1. The minimum absolute atomic E-state index is 0.165. The molecule has 0 spiro atoms. The lowest BCUT2D eigenvalue weighted by atomic mass is 9.88. The number of allylic oxidation sites excluding steroid dienone is 2. The maximum Gasteiger partial charge on any atom is 0.143 e. The first-order valence-corrected chi connectivity index (χ1v) is 18.9. The van der Waals surface area contributed by atoms with Crippen LogP contribution in [0.1, 0.15) is 33.9 Å². The van der Waals surface area contributed by atoms with Crippen molar-refractivity contribution in [3.8, 4) is 11.1 Å². The van der Waals surface area contributed by atoms with Gasteiger partial charge in [0, 0.05) is 60.8 Å². The standard InChI is InChI=1S/C49H29NO2S/c1-27-23-40(35-18-10-17-34-39-26-43-38(25-44(39)52-48(34)35)31-14-6-8-19-42(31)51-43)49-47(36-16-7-9-20-45(36)53-49)50-41(27)24-37-30-13-4-5-15-32(30)46-29-12-3-2-11-28(29)21-22-33(37)46/h2-23,25-26,37H,1,24H2. The molecule has 1 aliphatic carbocycles. The van der Waals surface area contributed by atoms with E-state index < -0.39 is 0 Å². The summed E-state index contributed by atoms with van der Waals surface area (Å²) in [6, 6.07) is 49.8. The predicted molar refractivity (Wildman–Crippen MR) is 222 cm³/mol. The molecule has 1 atom stereocenters. The number of hydrogen-bond acceptors (Lipinski definition) is 4. The van der Waals surface area contributed by atoms with Crippen LogP contribution < -0.4 is 0 Å². The van der Waals surface area contributed by atoms with Gasteiger partial charge in [-0.25, -0.2) is 0 Å². The largest absolute Gasteiger partial charge is 0.456 e. The lowest BCUT2D eigenvalue weighted by Gasteiger charge is -2.16. The van der Waals surface area contributed by atoms with E-state index in [4.69, 9.17) is 20.4 Å². The highest BCUT2D eigenvalue weighted by Gasteiger charge is 2.32. The van der Waals surface area contributed by atoms with E-state index in [1.54, 1.807) is 11.3 Å². The monoisotopic (exact) mass is 695 g/mol. The third-order valence-corrected chi connectivity index (χ3v) is 12.6. The van der Waals surface area contributed by atoms with Crippen LogP contribution in [0.25, 0.3) is 81.4 Å². The van der Waals surface area contributed by atoms with Crippen LogP contribution >= 0.6 is 11.3 Å². The van der Waals surface area contributed by atoms with Gasteiger partial charge in [-0.2, -0.15) is 0 Å². The number of para-hydroxylation sites is 2. The van der Waals surface area contributed by atoms with E-state index in [9.17, 15) is 0 Å². The van der Waals surface area contributed by atoms with Crippen LogP contribution in [0.5, 0.6) is 0 Å². The molecule has 1 aliphatic heterocycles.